The summed E-state index contributed by atoms with van der Waals surface area (Å²) in [6, 6.07) is 8.99. The van der Waals surface area contributed by atoms with Crippen LogP contribution < -0.4 is 10.2 Å². The third-order valence-corrected chi connectivity index (χ3v) is 2.63. The van der Waals surface area contributed by atoms with Crippen molar-refractivity contribution >= 4 is 61.1 Å². The number of aromatic carboxylic acids is 2. The van der Waals surface area contributed by atoms with Crippen LogP contribution in [-0.2, 0) is 0 Å². The zero-order valence-corrected chi connectivity index (χ0v) is 14.7. The summed E-state index contributed by atoms with van der Waals surface area (Å²) in [5.74, 6) is -2.69. The first-order chi connectivity index (χ1) is 11.2. The second-order valence-corrected chi connectivity index (χ2v) is 4.18. The van der Waals surface area contributed by atoms with Crippen molar-refractivity contribution < 1.29 is 29.6 Å². The summed E-state index contributed by atoms with van der Waals surface area (Å²) in [6.45, 7) is 0. The molecule has 0 aliphatic carbocycles. The van der Waals surface area contributed by atoms with Gasteiger partial charge >= 0.3 is 37.7 Å². The van der Waals surface area contributed by atoms with Crippen molar-refractivity contribution in [2.75, 3.05) is 0 Å². The normalized spacial score (nSPS) is 8.96. The first kappa shape index (κ1) is 22.4. The molecule has 0 unspecified atom stereocenters. The summed E-state index contributed by atoms with van der Waals surface area (Å²) in [5.41, 5.74) is -0.416. The van der Waals surface area contributed by atoms with E-state index >= 15 is 0 Å². The molecule has 0 fully saturated rings. The second kappa shape index (κ2) is 10.3. The van der Waals surface area contributed by atoms with E-state index in [1.54, 1.807) is 0 Å². The number of carboxylic acids is 2. The van der Waals surface area contributed by atoms with Crippen LogP contribution in [0.4, 0.5) is 11.4 Å². The van der Waals surface area contributed by atoms with Gasteiger partial charge in [0.1, 0.15) is 0 Å². The Balaban J connectivity index is 0.000000443. The predicted octanol–water partition coefficient (Wildman–Crippen LogP) is -0.464. The molecule has 0 aliphatic rings. The average Bonchev–Trinajstić information content (AvgIpc) is 2.55. The van der Waals surface area contributed by atoms with Crippen molar-refractivity contribution in [1.29, 1.82) is 0 Å². The molecule has 10 nitrogen and oxygen atoms in total. The molecule has 2 rings (SSSR count). The number of nitro benzene ring substituents is 2. The van der Waals surface area contributed by atoms with Crippen LogP contribution in [0.25, 0.3) is 0 Å². The van der Waals surface area contributed by atoms with E-state index < -0.39 is 21.8 Å². The van der Waals surface area contributed by atoms with Crippen LogP contribution in [0, 0.1) is 20.2 Å². The summed E-state index contributed by atoms with van der Waals surface area (Å²) >= 11 is 0. The fourth-order valence-corrected chi connectivity index (χ4v) is 1.44. The number of nitrogens with zero attached hydrogens (tertiary/aromatic N) is 2. The minimum Gasteiger partial charge on any atom is -0.545 e. The maximum atomic E-state index is 10.2. The summed E-state index contributed by atoms with van der Waals surface area (Å²) in [4.78, 5) is 39.5. The molecule has 0 amide bonds. The van der Waals surface area contributed by atoms with Crippen molar-refractivity contribution in [3.05, 3.63) is 79.9 Å². The Morgan fingerprint density at radius 1 is 0.640 bits per heavy atom. The van der Waals surface area contributed by atoms with Gasteiger partial charge in [-0.25, -0.2) is 0 Å². The molecule has 124 valence electrons. The van der Waals surface area contributed by atoms with Crippen LogP contribution in [-0.4, -0.2) is 59.5 Å². The van der Waals surface area contributed by atoms with Gasteiger partial charge in [-0.05, 0) is 35.4 Å². The van der Waals surface area contributed by atoms with Crippen molar-refractivity contribution in [3.63, 3.8) is 0 Å². The van der Waals surface area contributed by atoms with Gasteiger partial charge in [-0.2, -0.15) is 0 Å². The fourth-order valence-electron chi connectivity index (χ4n) is 1.44. The Labute approximate surface area is 170 Å². The Morgan fingerprint density at radius 2 is 0.880 bits per heavy atom. The molecule has 0 aliphatic heterocycles. The third kappa shape index (κ3) is 7.25. The van der Waals surface area contributed by atoms with Gasteiger partial charge in [0.2, 0.25) is 0 Å². The van der Waals surface area contributed by atoms with Gasteiger partial charge in [0.15, 0.2) is 0 Å². The van der Waals surface area contributed by atoms with Gasteiger partial charge < -0.3 is 19.8 Å². The Hall–Kier alpha value is -2.56. The zero-order valence-electron chi connectivity index (χ0n) is 12.5. The molecule has 25 heavy (non-hydrogen) atoms. The number of nitro groups is 2. The molecule has 0 spiro atoms. The average molecular weight is 372 g/mol. The molecule has 2 aromatic rings. The van der Waals surface area contributed by atoms with E-state index in [2.05, 4.69) is 0 Å². The second-order valence-electron chi connectivity index (χ2n) is 4.18. The fraction of sp³-hybridized carbons (Fsp3) is 0. The zero-order chi connectivity index (χ0) is 18.3. The Kier molecular flexibility index (Phi) is 9.28. The van der Waals surface area contributed by atoms with Gasteiger partial charge in [0.05, 0.1) is 21.8 Å². The van der Waals surface area contributed by atoms with E-state index in [0.29, 0.717) is 0 Å². The largest absolute Gasteiger partial charge is 2.00 e. The SMILES string of the molecule is O=C([O-])c1ccc([N+](=O)[O-])cc1.O=C([O-])c1ccc([N+](=O)[O-])cc1.[Ca+2]. The van der Waals surface area contributed by atoms with Crippen LogP contribution in [0.3, 0.4) is 0 Å². The number of carboxylic acid groups (broad SMARTS) is 2. The number of benzene rings is 2. The van der Waals surface area contributed by atoms with E-state index in [0.717, 1.165) is 48.5 Å². The molecule has 0 saturated carbocycles. The van der Waals surface area contributed by atoms with Gasteiger partial charge in [-0.3, -0.25) is 20.2 Å². The molecule has 2 aromatic carbocycles. The van der Waals surface area contributed by atoms with Gasteiger partial charge in [0, 0.05) is 24.3 Å². The molecule has 0 atom stereocenters. The summed E-state index contributed by atoms with van der Waals surface area (Å²) < 4.78 is 0. The summed E-state index contributed by atoms with van der Waals surface area (Å²) in [6.07, 6.45) is 0. The number of carbonyl (C=O) groups excluding carboxylic acids is 2. The molecular weight excluding hydrogens is 364 g/mol. The van der Waals surface area contributed by atoms with E-state index in [1.165, 1.54) is 0 Å². The number of non-ortho nitro benzene ring substituents is 2. The molecule has 0 aromatic heterocycles. The van der Waals surface area contributed by atoms with E-state index in [-0.39, 0.29) is 60.2 Å². The topological polar surface area (TPSA) is 167 Å². The molecule has 0 heterocycles. The van der Waals surface area contributed by atoms with Crippen molar-refractivity contribution in [3.8, 4) is 0 Å². The maximum Gasteiger partial charge on any atom is 2.00 e. The van der Waals surface area contributed by atoms with Crippen LogP contribution in [0.1, 0.15) is 20.7 Å². The predicted molar refractivity (Wildman–Crippen MR) is 80.6 cm³/mol. The quantitative estimate of drug-likeness (QED) is 0.394. The van der Waals surface area contributed by atoms with Crippen molar-refractivity contribution in [2.45, 2.75) is 0 Å². The monoisotopic (exact) mass is 372 g/mol. The molecule has 0 radical (unpaired) electrons. The van der Waals surface area contributed by atoms with Gasteiger partial charge in [-0.1, -0.05) is 0 Å². The Bertz CT molecular complexity index is 641. The molecule has 11 heteroatoms. The van der Waals surface area contributed by atoms with Crippen LogP contribution in [0.15, 0.2) is 48.5 Å². The smallest absolute Gasteiger partial charge is 0.545 e. The molecule has 0 N–H and O–H groups in total. The Morgan fingerprint density at radius 3 is 1.04 bits per heavy atom. The molecular formula is C14H8CaN2O8. The van der Waals surface area contributed by atoms with Crippen LogP contribution >= 0.6 is 0 Å². The minimum absolute atomic E-state index is 0. The standard InChI is InChI=1S/2C7H5NO4.Ca/c2*9-7(10)5-1-3-6(4-2-5)8(11)12;/h2*1-4H,(H,9,10);/q;;+2/p-2. The number of hydrogen-bond donors (Lipinski definition) is 0. The number of rotatable bonds is 4. The first-order valence-electron chi connectivity index (χ1n) is 6.14. The molecule has 0 saturated heterocycles. The maximum absolute atomic E-state index is 10.2. The third-order valence-electron chi connectivity index (χ3n) is 2.63. The number of hydrogen-bond acceptors (Lipinski definition) is 8. The minimum atomic E-state index is -1.34. The van der Waals surface area contributed by atoms with Crippen molar-refractivity contribution in [1.82, 2.24) is 0 Å². The summed E-state index contributed by atoms with van der Waals surface area (Å²) in [5, 5.41) is 40.7. The first-order valence-corrected chi connectivity index (χ1v) is 6.14. The summed E-state index contributed by atoms with van der Waals surface area (Å²) in [7, 11) is 0. The van der Waals surface area contributed by atoms with E-state index in [4.69, 9.17) is 0 Å². The van der Waals surface area contributed by atoms with Crippen molar-refractivity contribution in [2.24, 2.45) is 0 Å². The number of carbonyl (C=O) groups is 2. The van der Waals surface area contributed by atoms with E-state index in [1.807, 2.05) is 0 Å². The van der Waals surface area contributed by atoms with Crippen LogP contribution in [0.5, 0.6) is 0 Å². The molecule has 0 bridgehead atoms. The van der Waals surface area contributed by atoms with Crippen LogP contribution in [0.2, 0.25) is 0 Å². The van der Waals surface area contributed by atoms with Gasteiger partial charge in [-0.15, -0.1) is 0 Å². The van der Waals surface area contributed by atoms with Gasteiger partial charge in [0.25, 0.3) is 11.4 Å². The van der Waals surface area contributed by atoms with E-state index in [9.17, 15) is 40.0 Å².